The molecule has 0 saturated heterocycles. The Morgan fingerprint density at radius 3 is 2.71 bits per heavy atom. The molecule has 3 N–H and O–H groups in total. The molecule has 1 aromatic rings. The molecule has 4 heteroatoms. The minimum Gasteiger partial charge on any atom is -0.324 e. The summed E-state index contributed by atoms with van der Waals surface area (Å²) in [6, 6.07) is 5.76. The van der Waals surface area contributed by atoms with E-state index in [1.54, 1.807) is 0 Å². The largest absolute Gasteiger partial charge is 0.324 e. The minimum atomic E-state index is -0.672. The second kappa shape index (κ2) is 4.78. The van der Waals surface area contributed by atoms with E-state index in [0.29, 0.717) is 0 Å². The monoisotopic (exact) mass is 296 g/mol. The zero-order valence-corrected chi connectivity index (χ0v) is 11.5. The van der Waals surface area contributed by atoms with Gasteiger partial charge in [0.2, 0.25) is 5.91 Å². The summed E-state index contributed by atoms with van der Waals surface area (Å²) in [6.45, 7) is 1.97. The van der Waals surface area contributed by atoms with Crippen LogP contribution in [0, 0.1) is 6.92 Å². The molecule has 0 bridgehead atoms. The number of benzene rings is 1. The third-order valence-corrected chi connectivity index (χ3v) is 4.32. The van der Waals surface area contributed by atoms with Crippen molar-refractivity contribution >= 4 is 27.5 Å². The Morgan fingerprint density at radius 2 is 2.06 bits per heavy atom. The highest BCUT2D eigenvalue weighted by Gasteiger charge is 2.37. The third kappa shape index (κ3) is 2.53. The predicted octanol–water partition coefficient (Wildman–Crippen LogP) is 2.97. The van der Waals surface area contributed by atoms with Gasteiger partial charge in [-0.05, 0) is 37.5 Å². The smallest absolute Gasteiger partial charge is 0.244 e. The lowest BCUT2D eigenvalue weighted by Gasteiger charge is -2.23. The maximum atomic E-state index is 12.1. The molecule has 0 spiro atoms. The van der Waals surface area contributed by atoms with Crippen molar-refractivity contribution < 1.29 is 4.79 Å². The van der Waals surface area contributed by atoms with Gasteiger partial charge in [0.05, 0.1) is 5.54 Å². The van der Waals surface area contributed by atoms with Gasteiger partial charge < -0.3 is 11.1 Å². The van der Waals surface area contributed by atoms with Crippen molar-refractivity contribution in [3.8, 4) is 0 Å². The number of nitrogens with two attached hydrogens (primary N) is 1. The summed E-state index contributed by atoms with van der Waals surface area (Å²) in [7, 11) is 0. The van der Waals surface area contributed by atoms with Gasteiger partial charge >= 0.3 is 0 Å². The first-order chi connectivity index (χ1) is 8.03. The number of rotatable bonds is 2. The number of hydrogen-bond donors (Lipinski definition) is 2. The van der Waals surface area contributed by atoms with Crippen molar-refractivity contribution in [1.29, 1.82) is 0 Å². The van der Waals surface area contributed by atoms with Gasteiger partial charge in [-0.3, -0.25) is 4.79 Å². The molecule has 0 atom stereocenters. The van der Waals surface area contributed by atoms with Gasteiger partial charge in [0.1, 0.15) is 0 Å². The minimum absolute atomic E-state index is 0.0591. The number of carbonyl (C=O) groups is 1. The molecule has 1 fully saturated rings. The lowest BCUT2D eigenvalue weighted by atomic mass is 9.98. The molecule has 1 aromatic carbocycles. The SMILES string of the molecule is Cc1c(Br)cccc1NC(=O)C1(N)CCCC1. The molecule has 17 heavy (non-hydrogen) atoms. The average Bonchev–Trinajstić information content (AvgIpc) is 2.73. The van der Waals surface area contributed by atoms with Crippen LogP contribution in [0.3, 0.4) is 0 Å². The Balaban J connectivity index is 2.16. The molecular formula is C13H17BrN2O. The molecule has 0 aliphatic heterocycles. The van der Waals surface area contributed by atoms with Crippen molar-refractivity contribution in [2.45, 2.75) is 38.1 Å². The summed E-state index contributed by atoms with van der Waals surface area (Å²) < 4.78 is 0.993. The number of halogens is 1. The number of amides is 1. The third-order valence-electron chi connectivity index (χ3n) is 3.46. The molecule has 0 radical (unpaired) electrons. The Morgan fingerprint density at radius 1 is 1.41 bits per heavy atom. The highest BCUT2D eigenvalue weighted by Crippen LogP contribution is 2.30. The van der Waals surface area contributed by atoms with Crippen LogP contribution in [-0.2, 0) is 4.79 Å². The number of hydrogen-bond acceptors (Lipinski definition) is 2. The van der Waals surface area contributed by atoms with E-state index < -0.39 is 5.54 Å². The molecule has 0 unspecified atom stereocenters. The highest BCUT2D eigenvalue weighted by molar-refractivity contribution is 9.10. The lowest BCUT2D eigenvalue weighted by Crippen LogP contribution is -2.48. The summed E-state index contributed by atoms with van der Waals surface area (Å²) in [5, 5.41) is 2.94. The number of anilines is 1. The zero-order chi connectivity index (χ0) is 12.5. The normalized spacial score (nSPS) is 18.1. The van der Waals surface area contributed by atoms with Crippen LogP contribution in [0.1, 0.15) is 31.2 Å². The van der Waals surface area contributed by atoms with Crippen LogP contribution in [0.2, 0.25) is 0 Å². The molecule has 1 aliphatic rings. The fourth-order valence-electron chi connectivity index (χ4n) is 2.22. The van der Waals surface area contributed by atoms with E-state index in [2.05, 4.69) is 21.2 Å². The van der Waals surface area contributed by atoms with Crippen molar-refractivity contribution in [3.05, 3.63) is 28.2 Å². The van der Waals surface area contributed by atoms with Gasteiger partial charge in [-0.25, -0.2) is 0 Å². The first-order valence-corrected chi connectivity index (χ1v) is 6.68. The zero-order valence-electron chi connectivity index (χ0n) is 9.92. The molecule has 0 heterocycles. The van der Waals surface area contributed by atoms with Gasteiger partial charge in [-0.1, -0.05) is 34.8 Å². The standard InChI is InChI=1S/C13H17BrN2O/c1-9-10(14)5-4-6-11(9)16-12(17)13(15)7-2-3-8-13/h4-6H,2-3,7-8,15H2,1H3,(H,16,17). The van der Waals surface area contributed by atoms with Crippen molar-refractivity contribution in [2.75, 3.05) is 5.32 Å². The highest BCUT2D eigenvalue weighted by atomic mass is 79.9. The van der Waals surface area contributed by atoms with Crippen molar-refractivity contribution in [2.24, 2.45) is 5.73 Å². The quantitative estimate of drug-likeness (QED) is 0.881. The molecular weight excluding hydrogens is 280 g/mol. The Labute approximate surface area is 110 Å². The van der Waals surface area contributed by atoms with Crippen LogP contribution in [0.25, 0.3) is 0 Å². The summed E-state index contributed by atoms with van der Waals surface area (Å²) in [4.78, 5) is 12.1. The van der Waals surface area contributed by atoms with Crippen LogP contribution < -0.4 is 11.1 Å². The first kappa shape index (κ1) is 12.6. The molecule has 2 rings (SSSR count). The predicted molar refractivity (Wildman–Crippen MR) is 72.9 cm³/mol. The van der Waals surface area contributed by atoms with Crippen LogP contribution in [-0.4, -0.2) is 11.4 Å². The van der Waals surface area contributed by atoms with Crippen molar-refractivity contribution in [3.63, 3.8) is 0 Å². The van der Waals surface area contributed by atoms with Crippen molar-refractivity contribution in [1.82, 2.24) is 0 Å². The molecule has 92 valence electrons. The Bertz CT molecular complexity index is 439. The topological polar surface area (TPSA) is 55.1 Å². The molecule has 1 amide bonds. The molecule has 1 aliphatic carbocycles. The summed E-state index contributed by atoms with van der Waals surface area (Å²) >= 11 is 3.45. The summed E-state index contributed by atoms with van der Waals surface area (Å²) in [5.41, 5.74) is 7.31. The van der Waals surface area contributed by atoms with E-state index in [9.17, 15) is 4.79 Å². The fourth-order valence-corrected chi connectivity index (χ4v) is 2.59. The van der Waals surface area contributed by atoms with E-state index >= 15 is 0 Å². The van der Waals surface area contributed by atoms with Gasteiger partial charge in [-0.2, -0.15) is 0 Å². The van der Waals surface area contributed by atoms with E-state index in [0.717, 1.165) is 41.4 Å². The lowest BCUT2D eigenvalue weighted by molar-refractivity contribution is -0.121. The maximum absolute atomic E-state index is 12.1. The van der Waals surface area contributed by atoms with E-state index in [1.807, 2.05) is 25.1 Å². The Kier molecular flexibility index (Phi) is 3.54. The second-order valence-electron chi connectivity index (χ2n) is 4.73. The van der Waals surface area contributed by atoms with Gasteiger partial charge in [0.25, 0.3) is 0 Å². The molecule has 0 aromatic heterocycles. The van der Waals surface area contributed by atoms with Crippen LogP contribution in [0.5, 0.6) is 0 Å². The number of nitrogens with one attached hydrogen (secondary N) is 1. The second-order valence-corrected chi connectivity index (χ2v) is 5.58. The van der Waals surface area contributed by atoms with Gasteiger partial charge in [0.15, 0.2) is 0 Å². The van der Waals surface area contributed by atoms with E-state index in [1.165, 1.54) is 0 Å². The fraction of sp³-hybridized carbons (Fsp3) is 0.462. The molecule has 1 saturated carbocycles. The first-order valence-electron chi connectivity index (χ1n) is 5.88. The number of carbonyl (C=O) groups excluding carboxylic acids is 1. The van der Waals surface area contributed by atoms with E-state index in [4.69, 9.17) is 5.73 Å². The van der Waals surface area contributed by atoms with E-state index in [-0.39, 0.29) is 5.91 Å². The van der Waals surface area contributed by atoms with Gasteiger partial charge in [0, 0.05) is 10.2 Å². The van der Waals surface area contributed by atoms with Crippen LogP contribution >= 0.6 is 15.9 Å². The summed E-state index contributed by atoms with van der Waals surface area (Å²) in [5.74, 6) is -0.0591. The van der Waals surface area contributed by atoms with Gasteiger partial charge in [-0.15, -0.1) is 0 Å². The van der Waals surface area contributed by atoms with Crippen LogP contribution in [0.4, 0.5) is 5.69 Å². The molecule has 3 nitrogen and oxygen atoms in total. The summed E-state index contributed by atoms with van der Waals surface area (Å²) in [6.07, 6.45) is 3.65. The van der Waals surface area contributed by atoms with Crippen LogP contribution in [0.15, 0.2) is 22.7 Å². The average molecular weight is 297 g/mol. The maximum Gasteiger partial charge on any atom is 0.244 e. The Hall–Kier alpha value is -0.870.